The molecular formula is C14H11Cl3N2O. The van der Waals surface area contributed by atoms with Gasteiger partial charge in [-0.1, -0.05) is 59.6 Å². The topological polar surface area (TPSA) is 32.7 Å². The molecule has 0 spiro atoms. The Hall–Kier alpha value is -1.29. The average Bonchev–Trinajstić information content (AvgIpc) is 2.38. The standard InChI is InChI=1S/C14H11Cl3N2O/c1-9-5-3-4-6-12(9)19-8-7-11(18-10(19)2)13(20)14(15,16)17/h3-8H,2H2,1H3. The number of Topliss-reactive ketones (excluding diaryl/α,β-unsaturated/α-hetero) is 1. The van der Waals surface area contributed by atoms with Crippen LogP contribution in [0.4, 0.5) is 5.69 Å². The van der Waals surface area contributed by atoms with Crippen molar-refractivity contribution in [3.8, 4) is 0 Å². The third-order valence-corrected chi connectivity index (χ3v) is 3.29. The number of aryl methyl sites for hydroxylation is 1. The second-order valence-corrected chi connectivity index (χ2v) is 6.49. The predicted octanol–water partition coefficient (Wildman–Crippen LogP) is 4.18. The van der Waals surface area contributed by atoms with Crippen molar-refractivity contribution in [2.75, 3.05) is 4.90 Å². The van der Waals surface area contributed by atoms with E-state index in [1.807, 2.05) is 31.2 Å². The fourth-order valence-electron chi connectivity index (χ4n) is 1.79. The summed E-state index contributed by atoms with van der Waals surface area (Å²) in [4.78, 5) is 17.7. The summed E-state index contributed by atoms with van der Waals surface area (Å²) >= 11 is 16.7. The molecule has 20 heavy (non-hydrogen) atoms. The molecule has 0 radical (unpaired) electrons. The van der Waals surface area contributed by atoms with Crippen LogP contribution in [-0.4, -0.2) is 15.3 Å². The SMILES string of the molecule is C=C1N=C(C(=O)C(Cl)(Cl)Cl)C=CN1c1ccccc1C. The van der Waals surface area contributed by atoms with Gasteiger partial charge in [-0.2, -0.15) is 0 Å². The Labute approximate surface area is 132 Å². The highest BCUT2D eigenvalue weighted by Crippen LogP contribution is 2.30. The smallest absolute Gasteiger partial charge is 0.255 e. The van der Waals surface area contributed by atoms with Crippen molar-refractivity contribution in [3.05, 3.63) is 54.5 Å². The normalized spacial score (nSPS) is 15.3. The van der Waals surface area contributed by atoms with Gasteiger partial charge in [-0.15, -0.1) is 0 Å². The van der Waals surface area contributed by atoms with Crippen molar-refractivity contribution >= 4 is 52.0 Å². The quantitative estimate of drug-likeness (QED) is 0.763. The number of hydrogen-bond acceptors (Lipinski definition) is 3. The second kappa shape index (κ2) is 5.60. The number of carbonyl (C=O) groups is 1. The summed E-state index contributed by atoms with van der Waals surface area (Å²) in [6.45, 7) is 5.81. The highest BCUT2D eigenvalue weighted by atomic mass is 35.6. The first-order valence-electron chi connectivity index (χ1n) is 5.73. The predicted molar refractivity (Wildman–Crippen MR) is 84.7 cm³/mol. The van der Waals surface area contributed by atoms with Crippen LogP contribution >= 0.6 is 34.8 Å². The second-order valence-electron chi connectivity index (χ2n) is 4.21. The van der Waals surface area contributed by atoms with Gasteiger partial charge < -0.3 is 4.90 Å². The van der Waals surface area contributed by atoms with Gasteiger partial charge >= 0.3 is 0 Å². The zero-order valence-corrected chi connectivity index (χ0v) is 12.9. The van der Waals surface area contributed by atoms with Crippen molar-refractivity contribution < 1.29 is 4.79 Å². The third kappa shape index (κ3) is 3.06. The number of halogens is 3. The molecule has 0 N–H and O–H groups in total. The van der Waals surface area contributed by atoms with Crippen LogP contribution in [0.3, 0.4) is 0 Å². The Kier molecular flexibility index (Phi) is 4.23. The molecule has 6 heteroatoms. The average molecular weight is 330 g/mol. The van der Waals surface area contributed by atoms with Crippen LogP contribution in [0.15, 0.2) is 53.9 Å². The zero-order chi connectivity index (χ0) is 14.9. The number of benzene rings is 1. The van der Waals surface area contributed by atoms with E-state index in [1.165, 1.54) is 6.08 Å². The molecule has 0 unspecified atom stereocenters. The van der Waals surface area contributed by atoms with Crippen molar-refractivity contribution in [1.82, 2.24) is 0 Å². The molecule has 0 atom stereocenters. The van der Waals surface area contributed by atoms with E-state index in [0.29, 0.717) is 5.82 Å². The van der Waals surface area contributed by atoms with Crippen molar-refractivity contribution in [1.29, 1.82) is 0 Å². The summed E-state index contributed by atoms with van der Waals surface area (Å²) in [6, 6.07) is 7.76. The van der Waals surface area contributed by atoms with Crippen LogP contribution in [0, 0.1) is 6.92 Å². The molecule has 3 nitrogen and oxygen atoms in total. The van der Waals surface area contributed by atoms with E-state index in [4.69, 9.17) is 34.8 Å². The maximum atomic E-state index is 11.8. The van der Waals surface area contributed by atoms with Crippen LogP contribution in [0.25, 0.3) is 0 Å². The van der Waals surface area contributed by atoms with Gasteiger partial charge in [-0.05, 0) is 24.6 Å². The number of para-hydroxylation sites is 1. The number of allylic oxidation sites excluding steroid dienone is 1. The molecule has 104 valence electrons. The molecule has 2 rings (SSSR count). The van der Waals surface area contributed by atoms with Crippen molar-refractivity contribution in [2.24, 2.45) is 4.99 Å². The summed E-state index contributed by atoms with van der Waals surface area (Å²) in [7, 11) is 0. The Balaban J connectivity index is 2.29. The fourth-order valence-corrected chi connectivity index (χ4v) is 2.08. The van der Waals surface area contributed by atoms with E-state index in [1.54, 1.807) is 11.1 Å². The first-order chi connectivity index (χ1) is 9.30. The number of carbonyl (C=O) groups excluding carboxylic acids is 1. The summed E-state index contributed by atoms with van der Waals surface area (Å²) in [5.74, 6) is -0.288. The van der Waals surface area contributed by atoms with E-state index in [-0.39, 0.29) is 5.71 Å². The Morgan fingerprint density at radius 2 is 1.95 bits per heavy atom. The van der Waals surface area contributed by atoms with Crippen LogP contribution in [0.5, 0.6) is 0 Å². The minimum Gasteiger partial charge on any atom is -0.302 e. The summed E-state index contributed by atoms with van der Waals surface area (Å²) in [5.41, 5.74) is 2.06. The number of nitrogens with zero attached hydrogens (tertiary/aromatic N) is 2. The summed E-state index contributed by atoms with van der Waals surface area (Å²) in [5, 5.41) is 0. The van der Waals surface area contributed by atoms with Gasteiger partial charge in [0.15, 0.2) is 0 Å². The van der Waals surface area contributed by atoms with Crippen LogP contribution in [0.2, 0.25) is 0 Å². The molecule has 0 saturated heterocycles. The van der Waals surface area contributed by atoms with Gasteiger partial charge in [0.25, 0.3) is 3.79 Å². The van der Waals surface area contributed by atoms with Crippen molar-refractivity contribution in [3.63, 3.8) is 0 Å². The van der Waals surface area contributed by atoms with E-state index in [9.17, 15) is 4.79 Å². The van der Waals surface area contributed by atoms with E-state index in [2.05, 4.69) is 11.6 Å². The minimum atomic E-state index is -2.02. The van der Waals surface area contributed by atoms with Gasteiger partial charge in [0.1, 0.15) is 11.5 Å². The van der Waals surface area contributed by atoms with Gasteiger partial charge in [-0.3, -0.25) is 4.79 Å². The highest BCUT2D eigenvalue weighted by Gasteiger charge is 2.34. The number of hydrogen-bond donors (Lipinski definition) is 0. The Morgan fingerprint density at radius 1 is 1.30 bits per heavy atom. The lowest BCUT2D eigenvalue weighted by Crippen LogP contribution is -2.30. The maximum Gasteiger partial charge on any atom is 0.255 e. The molecule has 1 heterocycles. The highest BCUT2D eigenvalue weighted by molar-refractivity contribution is 6.83. The first kappa shape index (κ1) is 15.1. The molecule has 1 aliphatic heterocycles. The summed E-state index contributed by atoms with van der Waals surface area (Å²) < 4.78 is -2.02. The van der Waals surface area contributed by atoms with Gasteiger partial charge in [0.05, 0.1) is 0 Å². The minimum absolute atomic E-state index is 0.0693. The molecular weight excluding hydrogens is 319 g/mol. The number of rotatable bonds is 2. The molecule has 0 saturated carbocycles. The number of anilines is 1. The van der Waals surface area contributed by atoms with Crippen LogP contribution < -0.4 is 4.90 Å². The van der Waals surface area contributed by atoms with Crippen LogP contribution in [-0.2, 0) is 4.79 Å². The molecule has 0 aromatic heterocycles. The molecule has 1 aromatic rings. The lowest BCUT2D eigenvalue weighted by atomic mass is 10.1. The molecule has 1 aliphatic rings. The van der Waals surface area contributed by atoms with E-state index >= 15 is 0 Å². The molecule has 0 fully saturated rings. The third-order valence-electron chi connectivity index (χ3n) is 2.77. The van der Waals surface area contributed by atoms with E-state index in [0.717, 1.165) is 11.3 Å². The monoisotopic (exact) mass is 328 g/mol. The number of aliphatic imine (C=N–C) groups is 1. The molecule has 0 amide bonds. The molecule has 1 aromatic carbocycles. The van der Waals surface area contributed by atoms with Crippen molar-refractivity contribution in [2.45, 2.75) is 10.7 Å². The van der Waals surface area contributed by atoms with Gasteiger partial charge in [0, 0.05) is 11.9 Å². The van der Waals surface area contributed by atoms with Gasteiger partial charge in [-0.25, -0.2) is 4.99 Å². The van der Waals surface area contributed by atoms with Crippen LogP contribution in [0.1, 0.15) is 5.56 Å². The largest absolute Gasteiger partial charge is 0.302 e. The maximum absolute atomic E-state index is 11.8. The Morgan fingerprint density at radius 3 is 2.50 bits per heavy atom. The van der Waals surface area contributed by atoms with E-state index < -0.39 is 9.58 Å². The Bertz CT molecular complexity index is 630. The van der Waals surface area contributed by atoms with Gasteiger partial charge in [0.2, 0.25) is 5.78 Å². The first-order valence-corrected chi connectivity index (χ1v) is 6.86. The zero-order valence-electron chi connectivity index (χ0n) is 10.6. The summed E-state index contributed by atoms with van der Waals surface area (Å²) in [6.07, 6.45) is 3.19. The fraction of sp³-hybridized carbons (Fsp3) is 0.143. The number of alkyl halides is 3. The lowest BCUT2D eigenvalue weighted by Gasteiger charge is -2.25. The molecule has 0 aliphatic carbocycles. The lowest BCUT2D eigenvalue weighted by molar-refractivity contribution is -0.112. The number of ketones is 1. The molecule has 0 bridgehead atoms.